The molecule has 1 atom stereocenters. The zero-order chi connectivity index (χ0) is 34.8. The number of piperidine rings is 1. The summed E-state index contributed by atoms with van der Waals surface area (Å²) in [6.07, 6.45) is 0.0875. The molecule has 5 aromatic carbocycles. The van der Waals surface area contributed by atoms with Gasteiger partial charge >= 0.3 is 6.09 Å². The minimum absolute atomic E-state index is 0.0998. The fraction of sp³-hybridized carbons (Fsp3) is 0.150. The predicted molar refractivity (Wildman–Crippen MR) is 194 cm³/mol. The number of carbonyl (C=O) groups excluding carboxylic acids is 2. The molecule has 0 saturated carbocycles. The lowest BCUT2D eigenvalue weighted by Crippen LogP contribution is -2.43. The van der Waals surface area contributed by atoms with Gasteiger partial charge in [0.15, 0.2) is 5.82 Å². The van der Waals surface area contributed by atoms with Crippen LogP contribution in [0.15, 0.2) is 127 Å². The van der Waals surface area contributed by atoms with E-state index in [1.807, 2.05) is 77.5 Å². The molecule has 0 spiro atoms. The molecule has 1 saturated heterocycles. The maximum Gasteiger partial charge on any atom is 0.407 e. The standard InChI is InChI=1S/C40H34ClN5O4/c41-34-20-18-27(36(42)47)24-32(34)26-19-21-35-33(23-26)37(43-38(48)28-11-10-22-45(25-28)39(49)50)44-46(35)40(29-12-4-1-5-13-29,30-14-6-2-7-15-30)31-16-8-3-9-17-31/h1-9,12-21,23-24,28H,10-11,22,25H2,(H2,42,47)(H,49,50)(H,43,44,48). The van der Waals surface area contributed by atoms with Gasteiger partial charge in [-0.1, -0.05) is 109 Å². The number of carboxylic acid groups (broad SMARTS) is 1. The Morgan fingerprint density at radius 3 is 1.98 bits per heavy atom. The number of halogens is 1. The van der Waals surface area contributed by atoms with Crippen molar-refractivity contribution in [2.75, 3.05) is 18.4 Å². The van der Waals surface area contributed by atoms with E-state index in [2.05, 4.69) is 41.7 Å². The van der Waals surface area contributed by atoms with Gasteiger partial charge in [0.1, 0.15) is 5.54 Å². The smallest absolute Gasteiger partial charge is 0.407 e. The summed E-state index contributed by atoms with van der Waals surface area (Å²) in [7, 11) is 0. The number of amides is 3. The van der Waals surface area contributed by atoms with Gasteiger partial charge in [0.25, 0.3) is 0 Å². The van der Waals surface area contributed by atoms with Crippen molar-refractivity contribution in [1.82, 2.24) is 14.7 Å². The van der Waals surface area contributed by atoms with Gasteiger partial charge < -0.3 is 21.1 Å². The molecule has 50 heavy (non-hydrogen) atoms. The monoisotopic (exact) mass is 683 g/mol. The molecule has 1 aliphatic heterocycles. The van der Waals surface area contributed by atoms with Gasteiger partial charge in [-0.3, -0.25) is 9.59 Å². The second-order valence-corrected chi connectivity index (χ2v) is 12.8. The maximum atomic E-state index is 13.9. The van der Waals surface area contributed by atoms with E-state index in [4.69, 9.17) is 22.4 Å². The van der Waals surface area contributed by atoms with Crippen LogP contribution >= 0.6 is 11.6 Å². The molecule has 1 fully saturated rings. The van der Waals surface area contributed by atoms with Crippen LogP contribution in [-0.4, -0.2) is 50.8 Å². The van der Waals surface area contributed by atoms with Gasteiger partial charge in [0.05, 0.1) is 11.4 Å². The average Bonchev–Trinajstić information content (AvgIpc) is 3.50. The number of hydrogen-bond donors (Lipinski definition) is 3. The highest BCUT2D eigenvalue weighted by molar-refractivity contribution is 6.33. The maximum absolute atomic E-state index is 13.9. The van der Waals surface area contributed by atoms with E-state index in [0.29, 0.717) is 52.3 Å². The van der Waals surface area contributed by atoms with Gasteiger partial charge in [0.2, 0.25) is 11.8 Å². The molecule has 2 heterocycles. The lowest BCUT2D eigenvalue weighted by molar-refractivity contribution is -0.121. The quantitative estimate of drug-likeness (QED) is 0.142. The summed E-state index contributed by atoms with van der Waals surface area (Å²) in [5.74, 6) is -1.13. The number of anilines is 1. The number of carbonyl (C=O) groups is 3. The van der Waals surface area contributed by atoms with E-state index in [9.17, 15) is 19.5 Å². The second kappa shape index (κ2) is 13.5. The zero-order valence-corrected chi connectivity index (χ0v) is 27.8. The summed E-state index contributed by atoms with van der Waals surface area (Å²) in [5.41, 5.74) is 9.80. The van der Waals surface area contributed by atoms with Gasteiger partial charge in [0, 0.05) is 34.6 Å². The summed E-state index contributed by atoms with van der Waals surface area (Å²) in [5, 5.41) is 19.0. The van der Waals surface area contributed by atoms with E-state index in [1.165, 1.54) is 4.90 Å². The molecule has 3 amide bonds. The number of likely N-dealkylation sites (tertiary alicyclic amines) is 1. The predicted octanol–water partition coefficient (Wildman–Crippen LogP) is 7.62. The van der Waals surface area contributed by atoms with Crippen molar-refractivity contribution in [3.63, 3.8) is 0 Å². The fourth-order valence-corrected chi connectivity index (χ4v) is 7.25. The lowest BCUT2D eigenvalue weighted by atomic mass is 9.77. The minimum atomic E-state index is -1.05. The summed E-state index contributed by atoms with van der Waals surface area (Å²) in [6, 6.07) is 40.9. The van der Waals surface area contributed by atoms with Crippen molar-refractivity contribution in [1.29, 1.82) is 0 Å². The highest BCUT2D eigenvalue weighted by Gasteiger charge is 2.41. The number of primary amides is 1. The first-order chi connectivity index (χ1) is 24.3. The van der Waals surface area contributed by atoms with E-state index < -0.39 is 23.5 Å². The molecule has 250 valence electrons. The van der Waals surface area contributed by atoms with Crippen molar-refractivity contribution in [3.05, 3.63) is 155 Å². The fourth-order valence-electron chi connectivity index (χ4n) is 7.02. The lowest BCUT2D eigenvalue weighted by Gasteiger charge is -2.37. The number of rotatable bonds is 8. The van der Waals surface area contributed by atoms with Gasteiger partial charge in [-0.2, -0.15) is 5.10 Å². The number of benzene rings is 5. The van der Waals surface area contributed by atoms with Crippen molar-refractivity contribution < 1.29 is 19.5 Å². The molecule has 7 rings (SSSR count). The molecular formula is C40H34ClN5O4. The molecule has 6 aromatic rings. The second-order valence-electron chi connectivity index (χ2n) is 12.4. The first-order valence-electron chi connectivity index (χ1n) is 16.4. The molecule has 0 radical (unpaired) electrons. The molecule has 9 nitrogen and oxygen atoms in total. The summed E-state index contributed by atoms with van der Waals surface area (Å²) < 4.78 is 1.95. The van der Waals surface area contributed by atoms with Gasteiger partial charge in [-0.15, -0.1) is 0 Å². The van der Waals surface area contributed by atoms with E-state index >= 15 is 0 Å². The van der Waals surface area contributed by atoms with E-state index in [-0.39, 0.29) is 12.5 Å². The van der Waals surface area contributed by atoms with Gasteiger partial charge in [-0.05, 0) is 65.4 Å². The van der Waals surface area contributed by atoms with Crippen LogP contribution in [0.3, 0.4) is 0 Å². The number of nitrogens with zero attached hydrogens (tertiary/aromatic N) is 3. The third-order valence-corrected chi connectivity index (χ3v) is 9.77. The topological polar surface area (TPSA) is 131 Å². The Bertz CT molecular complexity index is 2110. The number of hydrogen-bond acceptors (Lipinski definition) is 4. The van der Waals surface area contributed by atoms with E-state index in [0.717, 1.165) is 22.2 Å². The van der Waals surface area contributed by atoms with Crippen LogP contribution in [0.4, 0.5) is 10.6 Å². The van der Waals surface area contributed by atoms with Crippen LogP contribution in [-0.2, 0) is 10.3 Å². The summed E-state index contributed by atoms with van der Waals surface area (Å²) >= 11 is 6.67. The molecule has 0 bridgehead atoms. The largest absolute Gasteiger partial charge is 0.465 e. The Kier molecular flexibility index (Phi) is 8.82. The van der Waals surface area contributed by atoms with Crippen LogP contribution < -0.4 is 11.1 Å². The normalized spacial score (nSPS) is 14.7. The zero-order valence-electron chi connectivity index (χ0n) is 27.0. The summed E-state index contributed by atoms with van der Waals surface area (Å²) in [4.78, 5) is 39.1. The van der Waals surface area contributed by atoms with Crippen LogP contribution in [0.2, 0.25) is 5.02 Å². The molecule has 0 aliphatic carbocycles. The van der Waals surface area contributed by atoms with Crippen LogP contribution in [0.25, 0.3) is 22.0 Å². The highest BCUT2D eigenvalue weighted by atomic mass is 35.5. The Hall–Kier alpha value is -5.93. The number of nitrogens with one attached hydrogen (secondary N) is 1. The van der Waals surface area contributed by atoms with Crippen molar-refractivity contribution in [2.45, 2.75) is 18.4 Å². The molecule has 1 unspecified atom stereocenters. The molecule has 1 aliphatic rings. The Labute approximate surface area is 293 Å². The number of fused-ring (bicyclic) bond motifs is 1. The number of nitrogens with two attached hydrogens (primary N) is 1. The highest BCUT2D eigenvalue weighted by Crippen LogP contribution is 2.44. The average molecular weight is 684 g/mol. The number of aromatic nitrogens is 2. The third-order valence-electron chi connectivity index (χ3n) is 9.44. The minimum Gasteiger partial charge on any atom is -0.465 e. The molecule has 10 heteroatoms. The Balaban J connectivity index is 1.49. The van der Waals surface area contributed by atoms with Crippen molar-refractivity contribution >= 4 is 46.2 Å². The van der Waals surface area contributed by atoms with Crippen LogP contribution in [0.5, 0.6) is 0 Å². The Morgan fingerprint density at radius 2 is 1.42 bits per heavy atom. The van der Waals surface area contributed by atoms with Gasteiger partial charge in [-0.25, -0.2) is 9.48 Å². The van der Waals surface area contributed by atoms with Crippen molar-refractivity contribution in [3.8, 4) is 11.1 Å². The van der Waals surface area contributed by atoms with E-state index in [1.54, 1.807) is 18.2 Å². The first-order valence-corrected chi connectivity index (χ1v) is 16.7. The van der Waals surface area contributed by atoms with Crippen LogP contribution in [0.1, 0.15) is 39.9 Å². The Morgan fingerprint density at radius 1 is 0.820 bits per heavy atom. The SMILES string of the molecule is NC(=O)c1ccc(Cl)c(-c2ccc3c(c2)c(NC(=O)C2CCCN(C(=O)O)C2)nn3C(c2ccccc2)(c2ccccc2)c2ccccc2)c1. The summed E-state index contributed by atoms with van der Waals surface area (Å²) in [6.45, 7) is 0.488. The third kappa shape index (κ3) is 5.86. The first kappa shape index (κ1) is 32.6. The molecular weight excluding hydrogens is 650 g/mol. The van der Waals surface area contributed by atoms with Crippen LogP contribution in [0, 0.1) is 5.92 Å². The molecule has 4 N–H and O–H groups in total. The molecule has 1 aromatic heterocycles. The van der Waals surface area contributed by atoms with Crippen molar-refractivity contribution in [2.24, 2.45) is 11.7 Å².